The Hall–Kier alpha value is -1.67. The Labute approximate surface area is 91.0 Å². The minimum atomic E-state index is 0.566. The van der Waals surface area contributed by atoms with Crippen molar-refractivity contribution in [1.82, 2.24) is 13.9 Å². The fraction of sp³-hybridized carbons (Fsp3) is 0.300. The van der Waals surface area contributed by atoms with Crippen LogP contribution < -0.4 is 0 Å². The van der Waals surface area contributed by atoms with Crippen LogP contribution in [-0.4, -0.2) is 13.9 Å². The highest BCUT2D eigenvalue weighted by atomic mass is 32.1. The molecule has 74 valence electrons. The summed E-state index contributed by atoms with van der Waals surface area (Å²) in [5, 5.41) is 9.67. The first-order chi connectivity index (χ1) is 7.38. The van der Waals surface area contributed by atoms with Gasteiger partial charge in [-0.2, -0.15) is 9.64 Å². The standard InChI is InChI=1S/C10H8N4S/c11-6-8-2-1-5-14(8)10-12-9(13-15-10)7-3-4-7/h1-2,5,7H,3-4H2. The smallest absolute Gasteiger partial charge is 0.214 e. The number of rotatable bonds is 2. The molecule has 0 bridgehead atoms. The van der Waals surface area contributed by atoms with Crippen molar-refractivity contribution in [3.8, 4) is 11.2 Å². The zero-order valence-corrected chi connectivity index (χ0v) is 8.74. The Bertz CT molecular complexity index is 530. The SMILES string of the molecule is N#Cc1cccn1-c1nc(C2CC2)ns1. The van der Waals surface area contributed by atoms with Gasteiger partial charge in [0.1, 0.15) is 17.6 Å². The zero-order chi connectivity index (χ0) is 10.3. The second kappa shape index (κ2) is 3.17. The highest BCUT2D eigenvalue weighted by molar-refractivity contribution is 7.08. The van der Waals surface area contributed by atoms with Gasteiger partial charge in [0.25, 0.3) is 0 Å². The van der Waals surface area contributed by atoms with Gasteiger partial charge >= 0.3 is 0 Å². The number of hydrogen-bond acceptors (Lipinski definition) is 4. The summed E-state index contributed by atoms with van der Waals surface area (Å²) in [5.41, 5.74) is 0.605. The first-order valence-electron chi connectivity index (χ1n) is 4.80. The van der Waals surface area contributed by atoms with Crippen LogP contribution in [0, 0.1) is 11.3 Å². The molecule has 3 rings (SSSR count). The van der Waals surface area contributed by atoms with Gasteiger partial charge < -0.3 is 0 Å². The normalized spacial score (nSPS) is 15.1. The highest BCUT2D eigenvalue weighted by Gasteiger charge is 2.28. The monoisotopic (exact) mass is 216 g/mol. The number of nitriles is 1. The van der Waals surface area contributed by atoms with Crippen molar-refractivity contribution in [2.75, 3.05) is 0 Å². The van der Waals surface area contributed by atoms with E-state index >= 15 is 0 Å². The minimum absolute atomic E-state index is 0.566. The average Bonchev–Trinajstić information content (AvgIpc) is 2.83. The lowest BCUT2D eigenvalue weighted by molar-refractivity contribution is 0.943. The summed E-state index contributed by atoms with van der Waals surface area (Å²) in [4.78, 5) is 4.44. The van der Waals surface area contributed by atoms with Crippen LogP contribution in [0.3, 0.4) is 0 Å². The lowest BCUT2D eigenvalue weighted by atomic mass is 10.4. The van der Waals surface area contributed by atoms with Crippen molar-refractivity contribution < 1.29 is 0 Å². The molecule has 1 fully saturated rings. The van der Waals surface area contributed by atoms with Crippen LogP contribution in [0.4, 0.5) is 0 Å². The highest BCUT2D eigenvalue weighted by Crippen LogP contribution is 2.39. The molecule has 2 aromatic rings. The molecule has 15 heavy (non-hydrogen) atoms. The Balaban J connectivity index is 2.01. The summed E-state index contributed by atoms with van der Waals surface area (Å²) >= 11 is 1.36. The second-order valence-corrected chi connectivity index (χ2v) is 4.31. The Kier molecular flexibility index (Phi) is 1.82. The fourth-order valence-corrected chi connectivity index (χ4v) is 2.22. The number of aromatic nitrogens is 3. The molecule has 0 aliphatic heterocycles. The van der Waals surface area contributed by atoms with Gasteiger partial charge in [-0.15, -0.1) is 0 Å². The van der Waals surface area contributed by atoms with E-state index in [1.165, 1.54) is 24.4 Å². The lowest BCUT2D eigenvalue weighted by Crippen LogP contribution is -1.94. The molecular weight excluding hydrogens is 208 g/mol. The number of hydrogen-bond donors (Lipinski definition) is 0. The van der Waals surface area contributed by atoms with Crippen LogP contribution in [0.25, 0.3) is 5.13 Å². The van der Waals surface area contributed by atoms with E-state index < -0.39 is 0 Å². The third kappa shape index (κ3) is 1.43. The zero-order valence-electron chi connectivity index (χ0n) is 7.92. The van der Waals surface area contributed by atoms with E-state index in [-0.39, 0.29) is 0 Å². The predicted octanol–water partition coefficient (Wildman–Crippen LogP) is 2.08. The minimum Gasteiger partial charge on any atom is -0.283 e. The van der Waals surface area contributed by atoms with Gasteiger partial charge in [0, 0.05) is 23.6 Å². The fourth-order valence-electron chi connectivity index (χ4n) is 1.47. The van der Waals surface area contributed by atoms with Crippen LogP contribution in [0.15, 0.2) is 18.3 Å². The summed E-state index contributed by atoms with van der Waals surface area (Å²) in [6.45, 7) is 0. The van der Waals surface area contributed by atoms with Crippen molar-refractivity contribution in [3.63, 3.8) is 0 Å². The molecule has 2 heterocycles. The van der Waals surface area contributed by atoms with Gasteiger partial charge in [0.15, 0.2) is 0 Å². The maximum absolute atomic E-state index is 8.88. The predicted molar refractivity (Wildman–Crippen MR) is 55.9 cm³/mol. The Morgan fingerprint density at radius 2 is 2.40 bits per heavy atom. The molecule has 0 atom stereocenters. The van der Waals surface area contributed by atoms with Gasteiger partial charge in [-0.05, 0) is 25.0 Å². The maximum atomic E-state index is 8.88. The summed E-state index contributed by atoms with van der Waals surface area (Å²) in [7, 11) is 0. The Morgan fingerprint density at radius 1 is 1.53 bits per heavy atom. The third-order valence-electron chi connectivity index (χ3n) is 2.44. The molecule has 0 spiro atoms. The molecule has 0 aromatic carbocycles. The van der Waals surface area contributed by atoms with E-state index in [0.717, 1.165) is 11.0 Å². The summed E-state index contributed by atoms with van der Waals surface area (Å²) < 4.78 is 6.09. The van der Waals surface area contributed by atoms with E-state index in [2.05, 4.69) is 15.4 Å². The van der Waals surface area contributed by atoms with E-state index in [0.29, 0.717) is 11.6 Å². The van der Waals surface area contributed by atoms with E-state index in [9.17, 15) is 0 Å². The summed E-state index contributed by atoms with van der Waals surface area (Å²) in [6.07, 6.45) is 4.25. The van der Waals surface area contributed by atoms with Crippen LogP contribution in [0.5, 0.6) is 0 Å². The molecule has 0 amide bonds. The van der Waals surface area contributed by atoms with Crippen LogP contribution >= 0.6 is 11.5 Å². The lowest BCUT2D eigenvalue weighted by Gasteiger charge is -1.95. The van der Waals surface area contributed by atoms with Gasteiger partial charge in [0.05, 0.1) is 0 Å². The first-order valence-corrected chi connectivity index (χ1v) is 5.57. The molecule has 0 N–H and O–H groups in total. The first kappa shape index (κ1) is 8.62. The average molecular weight is 216 g/mol. The van der Waals surface area contributed by atoms with Crippen LogP contribution in [0.1, 0.15) is 30.3 Å². The molecule has 4 nitrogen and oxygen atoms in total. The molecule has 0 saturated heterocycles. The summed E-state index contributed by atoms with van der Waals surface area (Å²) in [6, 6.07) is 5.75. The summed E-state index contributed by atoms with van der Waals surface area (Å²) in [5.74, 6) is 1.50. The van der Waals surface area contributed by atoms with Gasteiger partial charge in [-0.1, -0.05) is 0 Å². The van der Waals surface area contributed by atoms with Crippen LogP contribution in [0.2, 0.25) is 0 Å². The Morgan fingerprint density at radius 3 is 3.13 bits per heavy atom. The van der Waals surface area contributed by atoms with Crippen molar-refractivity contribution in [2.24, 2.45) is 0 Å². The molecule has 1 aliphatic carbocycles. The van der Waals surface area contributed by atoms with Crippen LogP contribution in [-0.2, 0) is 0 Å². The molecule has 0 radical (unpaired) electrons. The molecule has 0 unspecified atom stereocenters. The van der Waals surface area contributed by atoms with Gasteiger partial charge in [-0.25, -0.2) is 4.98 Å². The molecular formula is C10H8N4S. The molecule has 1 saturated carbocycles. The molecule has 5 heteroatoms. The van der Waals surface area contributed by atoms with Crippen molar-refractivity contribution in [1.29, 1.82) is 5.26 Å². The van der Waals surface area contributed by atoms with E-state index in [4.69, 9.17) is 5.26 Å². The largest absolute Gasteiger partial charge is 0.283 e. The van der Waals surface area contributed by atoms with Crippen molar-refractivity contribution in [2.45, 2.75) is 18.8 Å². The third-order valence-corrected chi connectivity index (χ3v) is 3.17. The van der Waals surface area contributed by atoms with Crippen molar-refractivity contribution in [3.05, 3.63) is 29.8 Å². The van der Waals surface area contributed by atoms with E-state index in [1.54, 1.807) is 10.6 Å². The van der Waals surface area contributed by atoms with E-state index in [1.807, 2.05) is 12.3 Å². The second-order valence-electron chi connectivity index (χ2n) is 3.58. The topological polar surface area (TPSA) is 54.5 Å². The quantitative estimate of drug-likeness (QED) is 0.772. The van der Waals surface area contributed by atoms with Gasteiger partial charge in [-0.3, -0.25) is 4.57 Å². The van der Waals surface area contributed by atoms with Crippen molar-refractivity contribution >= 4 is 11.5 Å². The molecule has 1 aliphatic rings. The van der Waals surface area contributed by atoms with Gasteiger partial charge in [0.2, 0.25) is 5.13 Å². The maximum Gasteiger partial charge on any atom is 0.214 e. The molecule has 2 aromatic heterocycles. The number of nitrogens with zero attached hydrogens (tertiary/aromatic N) is 4.